The van der Waals surface area contributed by atoms with E-state index in [0.29, 0.717) is 5.92 Å². The Bertz CT molecular complexity index is 766. The first kappa shape index (κ1) is 14.6. The Morgan fingerprint density at radius 3 is 2.50 bits per heavy atom. The predicted molar refractivity (Wildman–Crippen MR) is 97.7 cm³/mol. The zero-order chi connectivity index (χ0) is 15.5. The number of hydrogen-bond donors (Lipinski definition) is 0. The van der Waals surface area contributed by atoms with Gasteiger partial charge in [0.25, 0.3) is 0 Å². The maximum atomic E-state index is 4.49. The molecule has 1 aliphatic heterocycles. The van der Waals surface area contributed by atoms with E-state index in [1.807, 2.05) is 6.21 Å². The number of rotatable bonds is 3. The fraction of sp³-hybridized carbons (Fsp3) is 0.250. The summed E-state index contributed by atoms with van der Waals surface area (Å²) in [4.78, 5) is 6.65. The number of hydrogen-bond acceptors (Lipinski definition) is 2. The van der Waals surface area contributed by atoms with E-state index in [9.17, 15) is 0 Å². The quantitative estimate of drug-likeness (QED) is 0.784. The Morgan fingerprint density at radius 2 is 1.82 bits per heavy atom. The molecule has 0 aliphatic carbocycles. The van der Waals surface area contributed by atoms with Crippen molar-refractivity contribution >= 4 is 28.8 Å². The molecule has 2 heteroatoms. The van der Waals surface area contributed by atoms with Gasteiger partial charge in [0.05, 0.1) is 5.70 Å². The standard InChI is InChI=1S/C20H22N2/c1-15-8-11-17(21-14-15)12-9-16-10-13-20(22(2)3)19-7-5-4-6-18(16)19/h4-7,9-15H,8H2,1-3H3/b12-9+. The predicted octanol–water partition coefficient (Wildman–Crippen LogP) is 4.91. The number of anilines is 1. The van der Waals surface area contributed by atoms with Gasteiger partial charge < -0.3 is 4.90 Å². The smallest absolute Gasteiger partial charge is 0.0586 e. The van der Waals surface area contributed by atoms with Gasteiger partial charge in [-0.2, -0.15) is 0 Å². The molecule has 0 radical (unpaired) electrons. The molecule has 0 saturated carbocycles. The molecule has 0 amide bonds. The molecule has 0 fully saturated rings. The third-order valence-electron chi connectivity index (χ3n) is 4.03. The molecule has 2 aromatic rings. The van der Waals surface area contributed by atoms with Crippen LogP contribution in [0.25, 0.3) is 16.8 Å². The molecule has 1 atom stereocenters. The maximum Gasteiger partial charge on any atom is 0.0586 e. The first-order valence-corrected chi connectivity index (χ1v) is 7.76. The van der Waals surface area contributed by atoms with Crippen LogP contribution in [-0.2, 0) is 0 Å². The molecule has 1 aliphatic rings. The van der Waals surface area contributed by atoms with Gasteiger partial charge >= 0.3 is 0 Å². The summed E-state index contributed by atoms with van der Waals surface area (Å²) >= 11 is 0. The van der Waals surface area contributed by atoms with Crippen LogP contribution >= 0.6 is 0 Å². The summed E-state index contributed by atoms with van der Waals surface area (Å²) in [5.74, 6) is 0.553. The normalized spacial score (nSPS) is 18.0. The molecule has 1 heterocycles. The number of nitrogens with zero attached hydrogens (tertiary/aromatic N) is 2. The number of fused-ring (bicyclic) bond motifs is 1. The van der Waals surface area contributed by atoms with E-state index in [4.69, 9.17) is 0 Å². The molecular weight excluding hydrogens is 268 g/mol. The molecule has 2 aromatic carbocycles. The summed E-state index contributed by atoms with van der Waals surface area (Å²) in [7, 11) is 4.17. The lowest BCUT2D eigenvalue weighted by atomic mass is 10.0. The van der Waals surface area contributed by atoms with Gasteiger partial charge in [-0.15, -0.1) is 0 Å². The van der Waals surface area contributed by atoms with Crippen molar-refractivity contribution in [1.29, 1.82) is 0 Å². The summed E-state index contributed by atoms with van der Waals surface area (Å²) in [6.07, 6.45) is 9.59. The Labute approximate surface area is 132 Å². The van der Waals surface area contributed by atoms with Gasteiger partial charge in [0.15, 0.2) is 0 Å². The molecule has 112 valence electrons. The van der Waals surface area contributed by atoms with E-state index in [-0.39, 0.29) is 0 Å². The first-order valence-electron chi connectivity index (χ1n) is 7.76. The van der Waals surface area contributed by atoms with Crippen molar-refractivity contribution in [2.75, 3.05) is 19.0 Å². The zero-order valence-corrected chi connectivity index (χ0v) is 13.5. The van der Waals surface area contributed by atoms with Crippen molar-refractivity contribution in [3.8, 4) is 0 Å². The molecule has 22 heavy (non-hydrogen) atoms. The van der Waals surface area contributed by atoms with Crippen molar-refractivity contribution < 1.29 is 0 Å². The molecular formula is C20H22N2. The largest absolute Gasteiger partial charge is 0.377 e. The van der Waals surface area contributed by atoms with Crippen molar-refractivity contribution in [3.63, 3.8) is 0 Å². The molecule has 0 aromatic heterocycles. The molecule has 0 spiro atoms. The number of aliphatic imine (C=N–C) groups is 1. The summed E-state index contributed by atoms with van der Waals surface area (Å²) in [6.45, 7) is 2.19. The lowest BCUT2D eigenvalue weighted by Crippen LogP contribution is -2.09. The van der Waals surface area contributed by atoms with E-state index >= 15 is 0 Å². The molecule has 1 unspecified atom stereocenters. The second kappa shape index (κ2) is 6.18. The molecule has 0 bridgehead atoms. The van der Waals surface area contributed by atoms with Gasteiger partial charge in [-0.3, -0.25) is 4.99 Å². The van der Waals surface area contributed by atoms with Crippen LogP contribution in [0.4, 0.5) is 5.69 Å². The van der Waals surface area contributed by atoms with E-state index in [1.165, 1.54) is 22.0 Å². The van der Waals surface area contributed by atoms with Crippen LogP contribution in [0, 0.1) is 5.92 Å². The van der Waals surface area contributed by atoms with Crippen LogP contribution in [0.15, 0.2) is 59.2 Å². The SMILES string of the molecule is CC1C=NC(/C=C/c2ccc(N(C)C)c3ccccc23)=CC1. The molecule has 2 nitrogen and oxygen atoms in total. The van der Waals surface area contributed by atoms with Crippen LogP contribution in [0.2, 0.25) is 0 Å². The molecule has 0 saturated heterocycles. The third-order valence-corrected chi connectivity index (χ3v) is 4.03. The highest BCUT2D eigenvalue weighted by molar-refractivity contribution is 5.99. The highest BCUT2D eigenvalue weighted by atomic mass is 15.1. The minimum absolute atomic E-state index is 0.553. The van der Waals surface area contributed by atoms with E-state index < -0.39 is 0 Å². The topological polar surface area (TPSA) is 15.6 Å². The van der Waals surface area contributed by atoms with Gasteiger partial charge in [0, 0.05) is 31.4 Å². The van der Waals surface area contributed by atoms with Gasteiger partial charge in [-0.1, -0.05) is 49.4 Å². The van der Waals surface area contributed by atoms with Crippen molar-refractivity contribution in [1.82, 2.24) is 0 Å². The minimum Gasteiger partial charge on any atom is -0.377 e. The average Bonchev–Trinajstić information content (AvgIpc) is 2.53. The number of benzene rings is 2. The summed E-state index contributed by atoms with van der Waals surface area (Å²) in [6, 6.07) is 12.9. The Hall–Kier alpha value is -2.35. The number of allylic oxidation sites excluding steroid dienone is 2. The Balaban J connectivity index is 1.98. The van der Waals surface area contributed by atoms with Gasteiger partial charge in [0.1, 0.15) is 0 Å². The van der Waals surface area contributed by atoms with Crippen LogP contribution < -0.4 is 4.90 Å². The second-order valence-corrected chi connectivity index (χ2v) is 6.07. The summed E-state index contributed by atoms with van der Waals surface area (Å²) < 4.78 is 0. The first-order chi connectivity index (χ1) is 10.6. The lowest BCUT2D eigenvalue weighted by molar-refractivity contribution is 0.789. The van der Waals surface area contributed by atoms with Crippen LogP contribution in [0.5, 0.6) is 0 Å². The molecule has 0 N–H and O–H groups in total. The van der Waals surface area contributed by atoms with Gasteiger partial charge in [-0.25, -0.2) is 0 Å². The Kier molecular flexibility index (Phi) is 4.10. The van der Waals surface area contributed by atoms with Crippen molar-refractivity contribution in [2.24, 2.45) is 10.9 Å². The monoisotopic (exact) mass is 290 g/mol. The summed E-state index contributed by atoms with van der Waals surface area (Å²) in [5.41, 5.74) is 3.53. The average molecular weight is 290 g/mol. The molecule has 3 rings (SSSR count). The fourth-order valence-corrected chi connectivity index (χ4v) is 2.76. The van der Waals surface area contributed by atoms with Gasteiger partial charge in [-0.05, 0) is 35.4 Å². The Morgan fingerprint density at radius 1 is 1.05 bits per heavy atom. The van der Waals surface area contributed by atoms with Crippen LogP contribution in [-0.4, -0.2) is 20.3 Å². The van der Waals surface area contributed by atoms with E-state index in [2.05, 4.69) is 85.5 Å². The van der Waals surface area contributed by atoms with Crippen molar-refractivity contribution in [2.45, 2.75) is 13.3 Å². The maximum absolute atomic E-state index is 4.49. The van der Waals surface area contributed by atoms with E-state index in [1.54, 1.807) is 0 Å². The highest BCUT2D eigenvalue weighted by Crippen LogP contribution is 2.29. The van der Waals surface area contributed by atoms with Crippen molar-refractivity contribution in [3.05, 3.63) is 59.8 Å². The van der Waals surface area contributed by atoms with Crippen LogP contribution in [0.3, 0.4) is 0 Å². The highest BCUT2D eigenvalue weighted by Gasteiger charge is 2.06. The lowest BCUT2D eigenvalue weighted by Gasteiger charge is -2.16. The van der Waals surface area contributed by atoms with Crippen LogP contribution in [0.1, 0.15) is 18.9 Å². The summed E-state index contributed by atoms with van der Waals surface area (Å²) in [5, 5.41) is 2.56. The van der Waals surface area contributed by atoms with E-state index in [0.717, 1.165) is 12.1 Å². The minimum atomic E-state index is 0.553. The fourth-order valence-electron chi connectivity index (χ4n) is 2.76. The zero-order valence-electron chi connectivity index (χ0n) is 13.5. The third kappa shape index (κ3) is 2.96. The van der Waals surface area contributed by atoms with Gasteiger partial charge in [0.2, 0.25) is 0 Å². The second-order valence-electron chi connectivity index (χ2n) is 6.07.